The summed E-state index contributed by atoms with van der Waals surface area (Å²) in [7, 11) is 1.31. The fourth-order valence-corrected chi connectivity index (χ4v) is 3.07. The number of ether oxygens (including phenoxy) is 2. The first-order valence-electron chi connectivity index (χ1n) is 8.25. The van der Waals surface area contributed by atoms with Crippen molar-refractivity contribution in [1.29, 1.82) is 0 Å². The lowest BCUT2D eigenvalue weighted by Crippen LogP contribution is -2.17. The third-order valence-corrected chi connectivity index (χ3v) is 4.45. The van der Waals surface area contributed by atoms with E-state index in [0.717, 1.165) is 16.9 Å². The quantitative estimate of drug-likeness (QED) is 0.563. The molecule has 0 fully saturated rings. The van der Waals surface area contributed by atoms with Gasteiger partial charge in [-0.25, -0.2) is 4.79 Å². The van der Waals surface area contributed by atoms with Gasteiger partial charge < -0.3 is 14.8 Å². The molecule has 0 saturated carbocycles. The summed E-state index contributed by atoms with van der Waals surface area (Å²) in [5.41, 5.74) is 3.12. The molecular formula is C20H23NO4S. The van der Waals surface area contributed by atoms with Crippen LogP contribution in [0.4, 0.5) is 5.69 Å². The predicted molar refractivity (Wildman–Crippen MR) is 105 cm³/mol. The number of hydrogen-bond donors (Lipinski definition) is 1. The molecule has 138 valence electrons. The zero-order valence-corrected chi connectivity index (χ0v) is 16.0. The first-order valence-corrected chi connectivity index (χ1v) is 9.41. The lowest BCUT2D eigenvalue weighted by Gasteiger charge is -2.10. The van der Waals surface area contributed by atoms with Crippen molar-refractivity contribution in [2.75, 3.05) is 30.5 Å². The van der Waals surface area contributed by atoms with E-state index in [1.807, 2.05) is 26.0 Å². The van der Waals surface area contributed by atoms with Crippen LogP contribution in [0.3, 0.4) is 0 Å². The van der Waals surface area contributed by atoms with Crippen molar-refractivity contribution in [3.05, 3.63) is 59.2 Å². The van der Waals surface area contributed by atoms with Crippen molar-refractivity contribution in [3.8, 4) is 5.75 Å². The van der Waals surface area contributed by atoms with E-state index in [4.69, 9.17) is 9.47 Å². The Bertz CT molecular complexity index is 756. The van der Waals surface area contributed by atoms with E-state index < -0.39 is 5.97 Å². The molecule has 1 N–H and O–H groups in total. The maximum absolute atomic E-state index is 12.1. The lowest BCUT2D eigenvalue weighted by molar-refractivity contribution is -0.113. The van der Waals surface area contributed by atoms with E-state index >= 15 is 0 Å². The number of anilines is 1. The van der Waals surface area contributed by atoms with Crippen LogP contribution in [-0.4, -0.2) is 37.1 Å². The predicted octanol–water partition coefficient (Wildman–Crippen LogP) is 3.84. The number of carbonyl (C=O) groups excluding carboxylic acids is 2. The highest BCUT2D eigenvalue weighted by Gasteiger charge is 2.13. The standard InChI is InChI=1S/C20H23NO4S/c1-14-10-15(2)12-16(11-14)25-8-9-26-13-19(22)21-18-7-5-4-6-17(18)20(23)24-3/h4-7,10-12H,8-9,13H2,1-3H3,(H,21,22). The van der Waals surface area contributed by atoms with Gasteiger partial charge in [0.15, 0.2) is 0 Å². The highest BCUT2D eigenvalue weighted by Crippen LogP contribution is 2.18. The maximum Gasteiger partial charge on any atom is 0.339 e. The van der Waals surface area contributed by atoms with E-state index in [-0.39, 0.29) is 11.7 Å². The summed E-state index contributed by atoms with van der Waals surface area (Å²) in [5, 5.41) is 2.75. The molecule has 0 heterocycles. The van der Waals surface area contributed by atoms with E-state index in [0.29, 0.717) is 23.6 Å². The molecule has 0 spiro atoms. The van der Waals surface area contributed by atoms with Gasteiger partial charge in [-0.05, 0) is 49.2 Å². The molecule has 1 amide bonds. The molecule has 0 saturated heterocycles. The molecule has 6 heteroatoms. The van der Waals surface area contributed by atoms with E-state index in [1.165, 1.54) is 18.9 Å². The van der Waals surface area contributed by atoms with Gasteiger partial charge in [0, 0.05) is 5.75 Å². The van der Waals surface area contributed by atoms with Crippen LogP contribution < -0.4 is 10.1 Å². The van der Waals surface area contributed by atoms with Crippen molar-refractivity contribution in [1.82, 2.24) is 0 Å². The zero-order valence-electron chi connectivity index (χ0n) is 15.2. The summed E-state index contributed by atoms with van der Waals surface area (Å²) in [6.07, 6.45) is 0. The number of hydrogen-bond acceptors (Lipinski definition) is 5. The summed E-state index contributed by atoms with van der Waals surface area (Å²) in [6.45, 7) is 4.59. The first kappa shape index (κ1) is 19.8. The molecule has 0 aliphatic carbocycles. The molecule has 2 aromatic rings. The summed E-state index contributed by atoms with van der Waals surface area (Å²) < 4.78 is 10.4. The van der Waals surface area contributed by atoms with Crippen molar-refractivity contribution >= 4 is 29.3 Å². The number of aryl methyl sites for hydroxylation is 2. The lowest BCUT2D eigenvalue weighted by atomic mass is 10.1. The molecule has 0 aromatic heterocycles. The average Bonchev–Trinajstić information content (AvgIpc) is 2.60. The minimum Gasteiger partial charge on any atom is -0.493 e. The van der Waals surface area contributed by atoms with Crippen LogP contribution >= 0.6 is 11.8 Å². The topological polar surface area (TPSA) is 64.6 Å². The highest BCUT2D eigenvalue weighted by molar-refractivity contribution is 7.99. The number of rotatable bonds is 8. The number of methoxy groups -OCH3 is 1. The average molecular weight is 373 g/mol. The Labute approximate surface area is 158 Å². The van der Waals surface area contributed by atoms with Gasteiger partial charge in [0.25, 0.3) is 0 Å². The van der Waals surface area contributed by atoms with Gasteiger partial charge in [-0.3, -0.25) is 4.79 Å². The van der Waals surface area contributed by atoms with Crippen molar-refractivity contribution in [2.24, 2.45) is 0 Å². The second-order valence-corrected chi connectivity index (χ2v) is 6.91. The normalized spacial score (nSPS) is 10.3. The third kappa shape index (κ3) is 6.11. The molecule has 0 bridgehead atoms. The largest absolute Gasteiger partial charge is 0.493 e. The summed E-state index contributed by atoms with van der Waals surface area (Å²) in [5.74, 6) is 1.18. The highest BCUT2D eigenvalue weighted by atomic mass is 32.2. The second-order valence-electron chi connectivity index (χ2n) is 5.81. The third-order valence-electron chi connectivity index (χ3n) is 3.53. The number of benzene rings is 2. The number of para-hydroxylation sites is 1. The Morgan fingerprint density at radius 3 is 2.46 bits per heavy atom. The van der Waals surface area contributed by atoms with E-state index in [1.54, 1.807) is 24.3 Å². The van der Waals surface area contributed by atoms with Gasteiger partial charge in [0.2, 0.25) is 5.91 Å². The molecule has 2 aromatic carbocycles. The number of esters is 1. The molecular weight excluding hydrogens is 350 g/mol. The minimum atomic E-state index is -0.476. The Balaban J connectivity index is 1.75. The molecule has 0 radical (unpaired) electrons. The van der Waals surface area contributed by atoms with Crippen molar-refractivity contribution in [3.63, 3.8) is 0 Å². The molecule has 5 nitrogen and oxygen atoms in total. The Kier molecular flexibility index (Phi) is 7.53. The minimum absolute atomic E-state index is 0.169. The zero-order chi connectivity index (χ0) is 18.9. The summed E-state index contributed by atoms with van der Waals surface area (Å²) in [6, 6.07) is 12.9. The van der Waals surface area contributed by atoms with Crippen LogP contribution in [0, 0.1) is 13.8 Å². The molecule has 0 atom stereocenters. The molecule has 0 aliphatic rings. The number of nitrogens with one attached hydrogen (secondary N) is 1. The Hall–Kier alpha value is -2.47. The fraction of sp³-hybridized carbons (Fsp3) is 0.300. The van der Waals surface area contributed by atoms with Crippen molar-refractivity contribution in [2.45, 2.75) is 13.8 Å². The van der Waals surface area contributed by atoms with Crippen LogP contribution in [0.2, 0.25) is 0 Å². The second kappa shape index (κ2) is 9.87. The van der Waals surface area contributed by atoms with Crippen molar-refractivity contribution < 1.29 is 19.1 Å². The summed E-state index contributed by atoms with van der Waals surface area (Å²) in [4.78, 5) is 23.8. The Morgan fingerprint density at radius 1 is 1.08 bits per heavy atom. The maximum atomic E-state index is 12.1. The fourth-order valence-electron chi connectivity index (χ4n) is 2.47. The summed E-state index contributed by atoms with van der Waals surface area (Å²) >= 11 is 1.48. The SMILES string of the molecule is COC(=O)c1ccccc1NC(=O)CSCCOc1cc(C)cc(C)c1. The van der Waals surface area contributed by atoms with Gasteiger partial charge in [0.05, 0.1) is 30.7 Å². The van der Waals surface area contributed by atoms with E-state index in [2.05, 4.69) is 11.4 Å². The van der Waals surface area contributed by atoms with Crippen LogP contribution in [0.5, 0.6) is 5.75 Å². The van der Waals surface area contributed by atoms with Crippen LogP contribution in [-0.2, 0) is 9.53 Å². The van der Waals surface area contributed by atoms with Crippen LogP contribution in [0.1, 0.15) is 21.5 Å². The molecule has 0 aliphatic heterocycles. The number of amides is 1. The Morgan fingerprint density at radius 2 is 1.77 bits per heavy atom. The number of thioether (sulfide) groups is 1. The first-order chi connectivity index (χ1) is 12.5. The monoisotopic (exact) mass is 373 g/mol. The van der Waals surface area contributed by atoms with Gasteiger partial charge in [-0.15, -0.1) is 11.8 Å². The van der Waals surface area contributed by atoms with Gasteiger partial charge >= 0.3 is 5.97 Å². The van der Waals surface area contributed by atoms with Crippen LogP contribution in [0.15, 0.2) is 42.5 Å². The molecule has 0 unspecified atom stereocenters. The molecule has 26 heavy (non-hydrogen) atoms. The van der Waals surface area contributed by atoms with Gasteiger partial charge in [0.1, 0.15) is 5.75 Å². The molecule has 2 rings (SSSR count). The van der Waals surface area contributed by atoms with Crippen LogP contribution in [0.25, 0.3) is 0 Å². The van der Waals surface area contributed by atoms with E-state index in [9.17, 15) is 9.59 Å². The van der Waals surface area contributed by atoms with Gasteiger partial charge in [-0.1, -0.05) is 18.2 Å². The smallest absolute Gasteiger partial charge is 0.339 e. The number of carbonyl (C=O) groups is 2. The van der Waals surface area contributed by atoms with Gasteiger partial charge in [-0.2, -0.15) is 0 Å².